The van der Waals surface area contributed by atoms with Crippen molar-refractivity contribution in [2.45, 2.75) is 57.8 Å². The summed E-state index contributed by atoms with van der Waals surface area (Å²) in [7, 11) is -2.52. The average Bonchev–Trinajstić information content (AvgIpc) is 3.46. The fraction of sp³-hybridized carbons (Fsp3) is 0.462. The maximum atomic E-state index is 7.41. The van der Waals surface area contributed by atoms with Crippen LogP contribution in [-0.2, 0) is 9.16 Å². The molecule has 0 spiro atoms. The van der Waals surface area contributed by atoms with Crippen LogP contribution < -0.4 is 10.4 Å². The Kier molecular flexibility index (Phi) is 5.35. The predicted molar refractivity (Wildman–Crippen MR) is 123 cm³/mol. The summed E-state index contributed by atoms with van der Waals surface area (Å²) in [6.07, 6.45) is 5.93. The molecule has 2 nitrogen and oxygen atoms in total. The highest BCUT2D eigenvalue weighted by Crippen LogP contribution is 2.44. The van der Waals surface area contributed by atoms with Crippen molar-refractivity contribution >= 4 is 18.7 Å². The lowest BCUT2D eigenvalue weighted by Gasteiger charge is -2.47. The van der Waals surface area contributed by atoms with E-state index in [9.17, 15) is 0 Å². The van der Waals surface area contributed by atoms with E-state index in [1.54, 1.807) is 0 Å². The minimum absolute atomic E-state index is 0.00366. The lowest BCUT2D eigenvalue weighted by atomic mass is 9.80. The van der Waals surface area contributed by atoms with Crippen LogP contribution in [0.1, 0.15) is 41.0 Å². The molecule has 4 atom stereocenters. The molecule has 4 rings (SSSR count). The van der Waals surface area contributed by atoms with Crippen molar-refractivity contribution in [3.8, 4) is 0 Å². The summed E-state index contributed by atoms with van der Waals surface area (Å²) in [5.74, 6) is 0.831. The quantitative estimate of drug-likeness (QED) is 0.399. The molecule has 1 unspecified atom stereocenters. The van der Waals surface area contributed by atoms with E-state index in [-0.39, 0.29) is 16.7 Å². The topological polar surface area (TPSA) is 21.8 Å². The molecule has 154 valence electrons. The zero-order valence-electron chi connectivity index (χ0n) is 18.4. The van der Waals surface area contributed by atoms with Gasteiger partial charge in [0, 0.05) is 5.92 Å². The summed E-state index contributed by atoms with van der Waals surface area (Å²) in [4.78, 5) is 0. The van der Waals surface area contributed by atoms with Gasteiger partial charge in [-0.05, 0) is 34.7 Å². The lowest BCUT2D eigenvalue weighted by molar-refractivity contribution is 0.101. The third kappa shape index (κ3) is 3.76. The maximum Gasteiger partial charge on any atom is 0.261 e. The molecule has 0 bridgehead atoms. The van der Waals surface area contributed by atoms with Gasteiger partial charge in [-0.25, -0.2) is 0 Å². The lowest BCUT2D eigenvalue weighted by Crippen LogP contribution is -2.68. The molecule has 1 aliphatic carbocycles. The van der Waals surface area contributed by atoms with Crippen molar-refractivity contribution in [3.63, 3.8) is 0 Å². The SMILES string of the molecule is C[C@@H]1C=C[C@@H](C2(C)CO2)C[C@@H]1O[Si](c1ccccc1)(c1ccccc1)C(C)(C)C. The number of hydrogen-bond acceptors (Lipinski definition) is 2. The van der Waals surface area contributed by atoms with E-state index in [4.69, 9.17) is 9.16 Å². The molecule has 0 aromatic heterocycles. The molecule has 0 saturated carbocycles. The number of epoxide rings is 1. The summed E-state index contributed by atoms with van der Waals surface area (Å²) in [6.45, 7) is 12.5. The highest BCUT2D eigenvalue weighted by Gasteiger charge is 2.54. The first-order valence-corrected chi connectivity index (χ1v) is 12.8. The first kappa shape index (κ1) is 20.6. The standard InChI is InChI=1S/C26H34O2Si/c1-20-16-17-21(26(5)19-27-26)18-24(20)28-29(25(2,3)4,22-12-8-6-9-13-22)23-14-10-7-11-15-23/h6-17,20-21,24H,18-19H2,1-5H3/t20-,21-,24+,26?/m1/s1. The zero-order valence-corrected chi connectivity index (χ0v) is 19.4. The highest BCUT2D eigenvalue weighted by atomic mass is 28.4. The Morgan fingerprint density at radius 3 is 1.90 bits per heavy atom. The fourth-order valence-corrected chi connectivity index (χ4v) is 9.61. The summed E-state index contributed by atoms with van der Waals surface area (Å²) in [5, 5.41) is 2.71. The summed E-state index contributed by atoms with van der Waals surface area (Å²) >= 11 is 0. The van der Waals surface area contributed by atoms with Crippen LogP contribution in [-0.4, -0.2) is 26.6 Å². The van der Waals surface area contributed by atoms with Crippen LogP contribution in [0.2, 0.25) is 5.04 Å². The Labute approximate surface area is 177 Å². The summed E-state index contributed by atoms with van der Waals surface area (Å²) in [6, 6.07) is 21.9. The molecule has 1 fully saturated rings. The van der Waals surface area contributed by atoms with Crippen molar-refractivity contribution in [1.29, 1.82) is 0 Å². The largest absolute Gasteiger partial charge is 0.404 e. The second-order valence-electron chi connectivity index (χ2n) is 10.0. The number of ether oxygens (including phenoxy) is 1. The van der Waals surface area contributed by atoms with Gasteiger partial charge < -0.3 is 9.16 Å². The first-order valence-electron chi connectivity index (χ1n) is 10.9. The van der Waals surface area contributed by atoms with Crippen molar-refractivity contribution in [2.75, 3.05) is 6.61 Å². The van der Waals surface area contributed by atoms with Crippen LogP contribution in [0.15, 0.2) is 72.8 Å². The van der Waals surface area contributed by atoms with E-state index in [2.05, 4.69) is 107 Å². The van der Waals surface area contributed by atoms with Gasteiger partial charge in [-0.2, -0.15) is 0 Å². The predicted octanol–water partition coefficient (Wildman–Crippen LogP) is 4.93. The van der Waals surface area contributed by atoms with Gasteiger partial charge in [0.05, 0.1) is 18.3 Å². The molecule has 2 aromatic carbocycles. The van der Waals surface area contributed by atoms with Crippen LogP contribution in [0, 0.1) is 11.8 Å². The van der Waals surface area contributed by atoms with Crippen molar-refractivity contribution in [2.24, 2.45) is 11.8 Å². The van der Waals surface area contributed by atoms with Crippen molar-refractivity contribution in [1.82, 2.24) is 0 Å². The Hall–Kier alpha value is -1.68. The second kappa shape index (κ2) is 7.53. The minimum atomic E-state index is -2.52. The third-order valence-corrected chi connectivity index (χ3v) is 11.9. The normalized spacial score (nSPS) is 29.6. The van der Waals surface area contributed by atoms with Gasteiger partial charge in [0.15, 0.2) is 0 Å². The van der Waals surface area contributed by atoms with Gasteiger partial charge >= 0.3 is 0 Å². The highest BCUT2D eigenvalue weighted by molar-refractivity contribution is 6.99. The molecule has 0 radical (unpaired) electrons. The van der Waals surface area contributed by atoms with E-state index in [0.717, 1.165) is 13.0 Å². The molecule has 2 aromatic rings. The zero-order chi connectivity index (χ0) is 20.7. The number of rotatable bonds is 5. The van der Waals surface area contributed by atoms with Crippen LogP contribution in [0.4, 0.5) is 0 Å². The fourth-order valence-electron chi connectivity index (χ4n) is 4.83. The van der Waals surface area contributed by atoms with Crippen LogP contribution in [0.3, 0.4) is 0 Å². The van der Waals surface area contributed by atoms with E-state index in [1.807, 2.05) is 0 Å². The number of hydrogen-bond donors (Lipinski definition) is 0. The van der Waals surface area contributed by atoms with Crippen LogP contribution >= 0.6 is 0 Å². The van der Waals surface area contributed by atoms with Crippen LogP contribution in [0.25, 0.3) is 0 Å². The monoisotopic (exact) mass is 406 g/mol. The molecule has 0 N–H and O–H groups in total. The van der Waals surface area contributed by atoms with Gasteiger partial charge in [-0.1, -0.05) is 101 Å². The van der Waals surface area contributed by atoms with E-state index in [0.29, 0.717) is 11.8 Å². The summed E-state index contributed by atoms with van der Waals surface area (Å²) in [5.41, 5.74) is 0.00366. The Morgan fingerprint density at radius 2 is 1.45 bits per heavy atom. The smallest absolute Gasteiger partial charge is 0.261 e. The molecule has 2 aliphatic rings. The van der Waals surface area contributed by atoms with Crippen LogP contribution in [0.5, 0.6) is 0 Å². The molecule has 29 heavy (non-hydrogen) atoms. The van der Waals surface area contributed by atoms with Crippen molar-refractivity contribution < 1.29 is 9.16 Å². The minimum Gasteiger partial charge on any atom is -0.404 e. The third-order valence-electron chi connectivity index (χ3n) is 6.85. The van der Waals surface area contributed by atoms with E-state index < -0.39 is 8.32 Å². The molecular weight excluding hydrogens is 372 g/mol. The molecule has 0 amide bonds. The van der Waals surface area contributed by atoms with Gasteiger partial charge in [-0.15, -0.1) is 0 Å². The molecule has 3 heteroatoms. The van der Waals surface area contributed by atoms with Gasteiger partial charge in [0.2, 0.25) is 0 Å². The Balaban J connectivity index is 1.79. The first-order chi connectivity index (χ1) is 13.8. The van der Waals surface area contributed by atoms with Crippen molar-refractivity contribution in [3.05, 3.63) is 72.8 Å². The summed E-state index contributed by atoms with van der Waals surface area (Å²) < 4.78 is 13.2. The number of benzene rings is 2. The van der Waals surface area contributed by atoms with Gasteiger partial charge in [-0.3, -0.25) is 0 Å². The van der Waals surface area contributed by atoms with E-state index >= 15 is 0 Å². The molecule has 1 heterocycles. The second-order valence-corrected chi connectivity index (χ2v) is 14.3. The van der Waals surface area contributed by atoms with E-state index in [1.165, 1.54) is 10.4 Å². The maximum absolute atomic E-state index is 7.41. The Bertz CT molecular complexity index is 810. The van der Waals surface area contributed by atoms with Gasteiger partial charge in [0.1, 0.15) is 0 Å². The average molecular weight is 407 g/mol. The van der Waals surface area contributed by atoms with Gasteiger partial charge in [0.25, 0.3) is 8.32 Å². The molecule has 1 saturated heterocycles. The Morgan fingerprint density at radius 1 is 0.931 bits per heavy atom. The molecular formula is C26H34O2Si. The molecule has 1 aliphatic heterocycles.